The lowest BCUT2D eigenvalue weighted by Gasteiger charge is -2.03. The smallest absolute Gasteiger partial charge is 0.267 e. The van der Waals surface area contributed by atoms with E-state index < -0.39 is 5.95 Å². The highest BCUT2D eigenvalue weighted by Gasteiger charge is 2.08. The Balaban J connectivity index is 2.04. The molecule has 0 fully saturated rings. The zero-order valence-corrected chi connectivity index (χ0v) is 12.2. The summed E-state index contributed by atoms with van der Waals surface area (Å²) in [5.41, 5.74) is 5.27. The van der Waals surface area contributed by atoms with Crippen molar-refractivity contribution in [1.82, 2.24) is 15.2 Å². The largest absolute Gasteiger partial charge is 0.271 e. The number of nitrogens with one attached hydrogen (secondary N) is 1. The summed E-state index contributed by atoms with van der Waals surface area (Å²) in [7, 11) is 0. The van der Waals surface area contributed by atoms with Crippen molar-refractivity contribution in [3.8, 4) is 0 Å². The number of rotatable bonds is 4. The molecule has 0 unspecified atom stereocenters. The Bertz CT molecular complexity index is 691. The molecule has 0 radical (unpaired) electrons. The molecule has 0 saturated heterocycles. The van der Waals surface area contributed by atoms with Crippen LogP contribution in [0.3, 0.4) is 0 Å². The van der Waals surface area contributed by atoms with Gasteiger partial charge in [-0.3, -0.25) is 4.79 Å². The molecule has 0 saturated carbocycles. The Hall–Kier alpha value is -2.50. The van der Waals surface area contributed by atoms with E-state index in [0.29, 0.717) is 12.1 Å². The summed E-state index contributed by atoms with van der Waals surface area (Å²) in [6.45, 7) is 6.14. The van der Waals surface area contributed by atoms with Gasteiger partial charge in [-0.15, -0.1) is 0 Å². The summed E-state index contributed by atoms with van der Waals surface area (Å²) in [4.78, 5) is 11.9. The maximum atomic E-state index is 13.7. The molecule has 1 aromatic carbocycles. The molecule has 5 nitrogen and oxygen atoms in total. The van der Waals surface area contributed by atoms with Gasteiger partial charge < -0.3 is 0 Å². The number of hydrogen-bond donors (Lipinski definition) is 1. The number of hydrogen-bond acceptors (Lipinski definition) is 3. The van der Waals surface area contributed by atoms with Crippen LogP contribution in [0.15, 0.2) is 29.5 Å². The van der Waals surface area contributed by atoms with Crippen molar-refractivity contribution in [3.05, 3.63) is 52.6 Å². The van der Waals surface area contributed by atoms with Crippen LogP contribution in [0.4, 0.5) is 4.39 Å². The van der Waals surface area contributed by atoms with Gasteiger partial charge in [0, 0.05) is 12.1 Å². The number of carbonyl (C=O) groups excluding carboxylic acids is 1. The molecule has 1 N–H and O–H groups in total. The summed E-state index contributed by atoms with van der Waals surface area (Å²) in [5.74, 6) is -0.806. The van der Waals surface area contributed by atoms with Crippen molar-refractivity contribution < 1.29 is 9.18 Å². The molecule has 2 aromatic rings. The van der Waals surface area contributed by atoms with Crippen LogP contribution in [0.1, 0.15) is 34.0 Å². The van der Waals surface area contributed by atoms with Crippen molar-refractivity contribution in [2.75, 3.05) is 0 Å². The van der Waals surface area contributed by atoms with Crippen molar-refractivity contribution in [2.24, 2.45) is 5.10 Å². The number of nitrogens with zero attached hydrogens (tertiary/aromatic N) is 3. The van der Waals surface area contributed by atoms with Crippen molar-refractivity contribution >= 4 is 12.1 Å². The van der Waals surface area contributed by atoms with Crippen LogP contribution in [-0.2, 0) is 6.54 Å². The van der Waals surface area contributed by atoms with Crippen molar-refractivity contribution in [1.29, 1.82) is 0 Å². The normalized spacial score (nSPS) is 11.0. The highest BCUT2D eigenvalue weighted by Crippen LogP contribution is 2.09. The fraction of sp³-hybridized carbons (Fsp3) is 0.267. The number of aromatic nitrogens is 2. The zero-order chi connectivity index (χ0) is 15.4. The van der Waals surface area contributed by atoms with E-state index in [0.717, 1.165) is 11.1 Å². The van der Waals surface area contributed by atoms with Crippen LogP contribution in [0, 0.1) is 19.8 Å². The van der Waals surface area contributed by atoms with E-state index in [2.05, 4.69) is 15.6 Å². The fourth-order valence-corrected chi connectivity index (χ4v) is 1.80. The molecule has 0 bridgehead atoms. The summed E-state index contributed by atoms with van der Waals surface area (Å²) in [6.07, 6.45) is 2.61. The summed E-state index contributed by atoms with van der Waals surface area (Å²) >= 11 is 0. The standard InChI is InChI=1S/C15H17FN4O/c1-4-20-14(16)13(9-18-20)8-17-19-15(21)12-6-5-10(2)11(3)7-12/h5-9H,4H2,1-3H3,(H,19,21)/b17-8-. The van der Waals surface area contributed by atoms with Crippen LogP contribution in [0.2, 0.25) is 0 Å². The maximum Gasteiger partial charge on any atom is 0.271 e. The molecule has 6 heteroatoms. The lowest BCUT2D eigenvalue weighted by molar-refractivity contribution is 0.0955. The lowest BCUT2D eigenvalue weighted by Crippen LogP contribution is -2.17. The van der Waals surface area contributed by atoms with E-state index in [1.165, 1.54) is 17.1 Å². The Morgan fingerprint density at radius 3 is 2.81 bits per heavy atom. The summed E-state index contributed by atoms with van der Waals surface area (Å²) in [5, 5.41) is 7.61. The first-order valence-corrected chi connectivity index (χ1v) is 6.65. The van der Waals surface area contributed by atoms with Gasteiger partial charge in [-0.05, 0) is 44.0 Å². The Morgan fingerprint density at radius 1 is 1.43 bits per heavy atom. The first-order chi connectivity index (χ1) is 10.0. The third kappa shape index (κ3) is 3.34. The molecule has 1 amide bonds. The number of carbonyl (C=O) groups is 1. The summed E-state index contributed by atoms with van der Waals surface area (Å²) in [6, 6.07) is 5.39. The third-order valence-electron chi connectivity index (χ3n) is 3.24. The molecule has 0 aliphatic rings. The number of hydrazone groups is 1. The minimum Gasteiger partial charge on any atom is -0.267 e. The minimum atomic E-state index is -0.471. The number of halogens is 1. The van der Waals surface area contributed by atoms with Crippen LogP contribution in [0.5, 0.6) is 0 Å². The molecule has 2 rings (SSSR count). The van der Waals surface area contributed by atoms with Gasteiger partial charge in [0.15, 0.2) is 0 Å². The molecular weight excluding hydrogens is 271 g/mol. The van der Waals surface area contributed by atoms with Gasteiger partial charge in [-0.2, -0.15) is 14.6 Å². The quantitative estimate of drug-likeness (QED) is 0.694. The van der Waals surface area contributed by atoms with Gasteiger partial charge in [0.05, 0.1) is 18.0 Å². The Labute approximate surface area is 122 Å². The Morgan fingerprint density at radius 2 is 2.19 bits per heavy atom. The fourth-order valence-electron chi connectivity index (χ4n) is 1.80. The number of amides is 1. The van der Waals surface area contributed by atoms with E-state index in [9.17, 15) is 9.18 Å². The average Bonchev–Trinajstić information content (AvgIpc) is 2.82. The SMILES string of the molecule is CCn1ncc(/C=N\NC(=O)c2ccc(C)c(C)c2)c1F. The van der Waals surface area contributed by atoms with Gasteiger partial charge in [0.1, 0.15) is 0 Å². The first-order valence-electron chi connectivity index (χ1n) is 6.65. The van der Waals surface area contributed by atoms with E-state index in [1.807, 2.05) is 19.9 Å². The molecule has 110 valence electrons. The van der Waals surface area contributed by atoms with Gasteiger partial charge >= 0.3 is 0 Å². The van der Waals surface area contributed by atoms with E-state index in [4.69, 9.17) is 0 Å². The van der Waals surface area contributed by atoms with E-state index >= 15 is 0 Å². The average molecular weight is 288 g/mol. The summed E-state index contributed by atoms with van der Waals surface area (Å²) < 4.78 is 14.9. The monoisotopic (exact) mass is 288 g/mol. The molecule has 1 aromatic heterocycles. The molecule has 21 heavy (non-hydrogen) atoms. The van der Waals surface area contributed by atoms with Crippen LogP contribution in [-0.4, -0.2) is 21.9 Å². The second-order valence-electron chi connectivity index (χ2n) is 4.70. The van der Waals surface area contributed by atoms with Crippen LogP contribution >= 0.6 is 0 Å². The van der Waals surface area contributed by atoms with E-state index in [1.54, 1.807) is 19.1 Å². The highest BCUT2D eigenvalue weighted by atomic mass is 19.1. The molecule has 1 heterocycles. The molecule has 0 aliphatic carbocycles. The number of benzene rings is 1. The maximum absolute atomic E-state index is 13.7. The third-order valence-corrected chi connectivity index (χ3v) is 3.24. The topological polar surface area (TPSA) is 59.3 Å². The molecule has 0 spiro atoms. The van der Waals surface area contributed by atoms with Crippen molar-refractivity contribution in [2.45, 2.75) is 27.3 Å². The highest BCUT2D eigenvalue weighted by molar-refractivity contribution is 5.95. The van der Waals surface area contributed by atoms with E-state index in [-0.39, 0.29) is 11.5 Å². The molecular formula is C15H17FN4O. The predicted molar refractivity (Wildman–Crippen MR) is 78.8 cm³/mol. The first kappa shape index (κ1) is 14.9. The number of aryl methyl sites for hydroxylation is 3. The van der Waals surface area contributed by atoms with Gasteiger partial charge in [-0.25, -0.2) is 10.1 Å². The van der Waals surface area contributed by atoms with Crippen LogP contribution < -0.4 is 5.43 Å². The minimum absolute atomic E-state index is 0.234. The zero-order valence-electron chi connectivity index (χ0n) is 12.2. The van der Waals surface area contributed by atoms with Gasteiger partial charge in [0.2, 0.25) is 5.95 Å². The second-order valence-corrected chi connectivity index (χ2v) is 4.70. The lowest BCUT2D eigenvalue weighted by atomic mass is 10.1. The molecule has 0 atom stereocenters. The van der Waals surface area contributed by atoms with Gasteiger partial charge in [0.25, 0.3) is 5.91 Å². The van der Waals surface area contributed by atoms with Crippen molar-refractivity contribution in [3.63, 3.8) is 0 Å². The second kappa shape index (κ2) is 6.30. The predicted octanol–water partition coefficient (Wildman–Crippen LogP) is 2.42. The van der Waals surface area contributed by atoms with Crippen LogP contribution in [0.25, 0.3) is 0 Å². The Kier molecular flexibility index (Phi) is 4.47. The van der Waals surface area contributed by atoms with Gasteiger partial charge in [-0.1, -0.05) is 6.07 Å². The molecule has 0 aliphatic heterocycles.